The highest BCUT2D eigenvalue weighted by Gasteiger charge is 2.25. The summed E-state index contributed by atoms with van der Waals surface area (Å²) in [6, 6.07) is 5.62. The fourth-order valence-electron chi connectivity index (χ4n) is 4.62. The minimum atomic E-state index is -0.479. The van der Waals surface area contributed by atoms with Crippen molar-refractivity contribution in [2.45, 2.75) is 51.9 Å². The van der Waals surface area contributed by atoms with Gasteiger partial charge in [0.15, 0.2) is 17.4 Å². The van der Waals surface area contributed by atoms with Gasteiger partial charge in [0, 0.05) is 24.9 Å². The van der Waals surface area contributed by atoms with Gasteiger partial charge in [0.1, 0.15) is 6.54 Å². The fourth-order valence-corrected chi connectivity index (χ4v) is 4.62. The first-order valence-electron chi connectivity index (χ1n) is 12.9. The third-order valence-electron chi connectivity index (χ3n) is 7.03. The highest BCUT2D eigenvalue weighted by molar-refractivity contribution is 5.84. The molecule has 0 saturated carbocycles. The second kappa shape index (κ2) is 12.2. The summed E-state index contributed by atoms with van der Waals surface area (Å²) in [5, 5.41) is 6.63. The van der Waals surface area contributed by atoms with Crippen molar-refractivity contribution in [3.05, 3.63) is 41.5 Å². The third kappa shape index (κ3) is 6.87. The predicted octanol–water partition coefficient (Wildman–Crippen LogP) is 4.10. The van der Waals surface area contributed by atoms with Crippen molar-refractivity contribution in [1.29, 1.82) is 0 Å². The monoisotopic (exact) mass is 514 g/mol. The number of hydrogen-bond acceptors (Lipinski definition) is 8. The summed E-state index contributed by atoms with van der Waals surface area (Å²) in [4.78, 5) is 30.0. The van der Waals surface area contributed by atoms with Crippen LogP contribution in [0.5, 0.6) is 5.75 Å². The molecule has 0 spiro atoms. The molecule has 2 heterocycles. The Kier molecular flexibility index (Phi) is 8.78. The maximum Gasteiger partial charge on any atom is 0.325 e. The number of anilines is 1. The highest BCUT2D eigenvalue weighted by Crippen LogP contribution is 2.33. The number of piperidine rings is 1. The van der Waals surface area contributed by atoms with E-state index in [1.165, 1.54) is 13.2 Å². The Morgan fingerprint density at radius 2 is 2.03 bits per heavy atom. The fraction of sp³-hybridized carbons (Fsp3) is 0.556. The van der Waals surface area contributed by atoms with Crippen molar-refractivity contribution in [3.8, 4) is 5.75 Å². The Balaban J connectivity index is 1.24. The van der Waals surface area contributed by atoms with E-state index in [2.05, 4.69) is 25.1 Å². The van der Waals surface area contributed by atoms with Crippen molar-refractivity contribution in [2.24, 2.45) is 11.8 Å². The zero-order valence-corrected chi connectivity index (χ0v) is 21.7. The number of aromatic nitrogens is 2. The van der Waals surface area contributed by atoms with Gasteiger partial charge in [-0.1, -0.05) is 31.1 Å². The number of esters is 1. The normalized spacial score (nSPS) is 18.5. The number of nitrogens with zero attached hydrogens (tertiary/aromatic N) is 3. The lowest BCUT2D eigenvalue weighted by molar-refractivity contribution is -0.141. The first-order valence-corrected chi connectivity index (χ1v) is 12.9. The molecule has 1 unspecified atom stereocenters. The van der Waals surface area contributed by atoms with Gasteiger partial charge in [-0.25, -0.2) is 4.39 Å². The molecule has 2 aliphatic rings. The largest absolute Gasteiger partial charge is 0.490 e. The van der Waals surface area contributed by atoms with Crippen molar-refractivity contribution in [3.63, 3.8) is 0 Å². The molecule has 1 amide bonds. The molecule has 9 nitrogen and oxygen atoms in total. The number of halogens is 1. The molecule has 37 heavy (non-hydrogen) atoms. The van der Waals surface area contributed by atoms with E-state index in [9.17, 15) is 14.0 Å². The number of hydrogen-bond donors (Lipinski definition) is 1. The maximum atomic E-state index is 14.8. The van der Waals surface area contributed by atoms with Gasteiger partial charge in [-0.3, -0.25) is 9.59 Å². The average molecular weight is 515 g/mol. The van der Waals surface area contributed by atoms with E-state index in [0.717, 1.165) is 37.1 Å². The molecule has 1 aromatic carbocycles. The molecular weight excluding hydrogens is 479 g/mol. The molecule has 200 valence electrons. The molecule has 1 fully saturated rings. The molecule has 1 saturated heterocycles. The number of rotatable bonds is 9. The molecule has 1 N–H and O–H groups in total. The summed E-state index contributed by atoms with van der Waals surface area (Å²) in [6.45, 7) is 5.98. The molecule has 1 atom stereocenters. The van der Waals surface area contributed by atoms with E-state index in [0.29, 0.717) is 43.6 Å². The van der Waals surface area contributed by atoms with E-state index in [1.54, 1.807) is 6.07 Å². The van der Waals surface area contributed by atoms with E-state index in [1.807, 2.05) is 26.0 Å². The SMILES string of the molecule is COC(=O)CNC(=O)C1CC=C(c2ccc(OCC3CCN(c4nc(C(C)C)no4)CC3)c(F)c2)CC1. The number of methoxy groups -OCH3 is 1. The molecule has 10 heteroatoms. The predicted molar refractivity (Wildman–Crippen MR) is 136 cm³/mol. The second-order valence-corrected chi connectivity index (χ2v) is 9.97. The van der Waals surface area contributed by atoms with Crippen LogP contribution < -0.4 is 15.0 Å². The van der Waals surface area contributed by atoms with Gasteiger partial charge in [-0.05, 0) is 61.3 Å². The average Bonchev–Trinajstić information content (AvgIpc) is 3.42. The quantitative estimate of drug-likeness (QED) is 0.499. The van der Waals surface area contributed by atoms with Gasteiger partial charge in [-0.2, -0.15) is 4.98 Å². The van der Waals surface area contributed by atoms with Crippen molar-refractivity contribution < 1.29 is 28.0 Å². The van der Waals surface area contributed by atoms with Gasteiger partial charge in [0.2, 0.25) is 5.91 Å². The molecule has 2 aromatic rings. The first kappa shape index (κ1) is 26.6. The zero-order valence-electron chi connectivity index (χ0n) is 21.7. The summed E-state index contributed by atoms with van der Waals surface area (Å²) in [6.07, 6.45) is 5.62. The molecule has 0 radical (unpaired) electrons. The van der Waals surface area contributed by atoms with E-state index < -0.39 is 5.97 Å². The molecule has 4 rings (SSSR count). The number of allylic oxidation sites excluding steroid dienone is 2. The summed E-state index contributed by atoms with van der Waals surface area (Å²) >= 11 is 0. The van der Waals surface area contributed by atoms with Gasteiger partial charge >= 0.3 is 12.0 Å². The summed E-state index contributed by atoms with van der Waals surface area (Å²) in [5.74, 6) is 0.273. The van der Waals surface area contributed by atoms with E-state index >= 15 is 0 Å². The van der Waals surface area contributed by atoms with Crippen LogP contribution >= 0.6 is 0 Å². The van der Waals surface area contributed by atoms with Crippen molar-refractivity contribution >= 4 is 23.5 Å². The Bertz CT molecular complexity index is 1120. The lowest BCUT2D eigenvalue weighted by Crippen LogP contribution is -2.35. The van der Waals surface area contributed by atoms with Crippen molar-refractivity contribution in [1.82, 2.24) is 15.5 Å². The Labute approximate surface area is 216 Å². The van der Waals surface area contributed by atoms with Gasteiger partial charge < -0.3 is 24.2 Å². The first-order chi connectivity index (χ1) is 17.8. The van der Waals surface area contributed by atoms with Crippen molar-refractivity contribution in [2.75, 3.05) is 38.3 Å². The molecule has 0 bridgehead atoms. The standard InChI is InChI=1S/C27H35FN4O5/c1-17(2)25-30-27(37-31-25)32-12-10-18(11-13-32)16-36-23-9-8-21(14-22(23)28)19-4-6-20(7-5-19)26(34)29-15-24(33)35-3/h4,8-9,14,17-18,20H,5-7,10-13,15-16H2,1-3H3,(H,29,34). The van der Waals surface area contributed by atoms with E-state index in [4.69, 9.17) is 9.26 Å². The Hall–Kier alpha value is -3.43. The minimum absolute atomic E-state index is 0.133. The van der Waals surface area contributed by atoms with Crippen LogP contribution in [0.4, 0.5) is 10.4 Å². The second-order valence-electron chi connectivity index (χ2n) is 9.97. The van der Waals surface area contributed by atoms with Gasteiger partial charge in [0.25, 0.3) is 0 Å². The summed E-state index contributed by atoms with van der Waals surface area (Å²) in [7, 11) is 1.28. The summed E-state index contributed by atoms with van der Waals surface area (Å²) < 4.78 is 30.6. The zero-order chi connectivity index (χ0) is 26.4. The molecular formula is C27H35FN4O5. The Morgan fingerprint density at radius 1 is 1.24 bits per heavy atom. The topological polar surface area (TPSA) is 107 Å². The highest BCUT2D eigenvalue weighted by atomic mass is 19.1. The van der Waals surface area contributed by atoms with E-state index in [-0.39, 0.29) is 35.9 Å². The smallest absolute Gasteiger partial charge is 0.325 e. The van der Waals surface area contributed by atoms with Crippen LogP contribution in [0.3, 0.4) is 0 Å². The summed E-state index contributed by atoms with van der Waals surface area (Å²) in [5.41, 5.74) is 1.81. The lowest BCUT2D eigenvalue weighted by Gasteiger charge is -2.30. The van der Waals surface area contributed by atoms with Crippen LogP contribution in [-0.4, -0.2) is 55.4 Å². The number of carbonyl (C=O) groups is 2. The minimum Gasteiger partial charge on any atom is -0.490 e. The number of carbonyl (C=O) groups excluding carboxylic acids is 2. The molecule has 1 aliphatic heterocycles. The maximum absolute atomic E-state index is 14.8. The van der Waals surface area contributed by atoms with Crippen LogP contribution in [0.2, 0.25) is 0 Å². The number of benzene rings is 1. The third-order valence-corrected chi connectivity index (χ3v) is 7.03. The van der Waals surface area contributed by atoms with Crippen LogP contribution in [0.25, 0.3) is 5.57 Å². The van der Waals surface area contributed by atoms with Crippen LogP contribution in [0.15, 0.2) is 28.8 Å². The van der Waals surface area contributed by atoms with Gasteiger partial charge in [-0.15, -0.1) is 0 Å². The van der Waals surface area contributed by atoms with Crippen LogP contribution in [0.1, 0.15) is 63.3 Å². The molecule has 1 aliphatic carbocycles. The van der Waals surface area contributed by atoms with Crippen LogP contribution in [0, 0.1) is 17.7 Å². The molecule has 1 aromatic heterocycles. The lowest BCUT2D eigenvalue weighted by atomic mass is 9.86. The van der Waals surface area contributed by atoms with Gasteiger partial charge in [0.05, 0.1) is 13.7 Å². The Morgan fingerprint density at radius 3 is 2.65 bits per heavy atom. The number of amides is 1. The number of ether oxygens (including phenoxy) is 2. The number of nitrogens with one attached hydrogen (secondary N) is 1. The van der Waals surface area contributed by atoms with Crippen LogP contribution in [-0.2, 0) is 14.3 Å².